The number of hydrogen-bond acceptors (Lipinski definition) is 5. The summed E-state index contributed by atoms with van der Waals surface area (Å²) < 4.78 is 0. The molecule has 5 heteroatoms. The Labute approximate surface area is 110 Å². The van der Waals surface area contributed by atoms with Gasteiger partial charge in [0.1, 0.15) is 5.75 Å². The van der Waals surface area contributed by atoms with E-state index in [0.29, 0.717) is 0 Å². The third-order valence-corrected chi connectivity index (χ3v) is 3.89. The Morgan fingerprint density at radius 2 is 2.00 bits per heavy atom. The molecular formula is C14H14N4O. The van der Waals surface area contributed by atoms with Crippen LogP contribution in [-0.2, 0) is 6.42 Å². The van der Waals surface area contributed by atoms with Crippen LogP contribution in [-0.4, -0.2) is 33.9 Å². The number of fused-ring (bicyclic) bond motifs is 1. The van der Waals surface area contributed by atoms with E-state index in [9.17, 15) is 5.11 Å². The molecule has 0 atom stereocenters. The van der Waals surface area contributed by atoms with Gasteiger partial charge in [-0.25, -0.2) is 0 Å². The van der Waals surface area contributed by atoms with Crippen molar-refractivity contribution in [2.45, 2.75) is 12.0 Å². The van der Waals surface area contributed by atoms with E-state index in [1.165, 1.54) is 5.56 Å². The summed E-state index contributed by atoms with van der Waals surface area (Å²) in [4.78, 5) is 0. The molecule has 96 valence electrons. The van der Waals surface area contributed by atoms with E-state index in [4.69, 9.17) is 0 Å². The molecule has 2 aliphatic heterocycles. The number of phenolic OH excluding ortho intramolecular Hbond substituents is 1. The van der Waals surface area contributed by atoms with Crippen LogP contribution in [0, 0.1) is 0 Å². The van der Waals surface area contributed by atoms with Gasteiger partial charge in [-0.2, -0.15) is 0 Å². The molecule has 1 aromatic heterocycles. The minimum absolute atomic E-state index is 0.133. The van der Waals surface area contributed by atoms with E-state index >= 15 is 0 Å². The van der Waals surface area contributed by atoms with Gasteiger partial charge in [0.25, 0.3) is 0 Å². The van der Waals surface area contributed by atoms with Crippen LogP contribution < -0.4 is 10.6 Å². The number of phenols is 1. The van der Waals surface area contributed by atoms with Gasteiger partial charge < -0.3 is 15.7 Å². The quantitative estimate of drug-likeness (QED) is 0.712. The first-order valence-corrected chi connectivity index (χ1v) is 6.40. The van der Waals surface area contributed by atoms with Crippen molar-refractivity contribution < 1.29 is 5.11 Å². The molecular weight excluding hydrogens is 240 g/mol. The number of para-hydroxylation sites is 1. The monoisotopic (exact) mass is 254 g/mol. The summed E-state index contributed by atoms with van der Waals surface area (Å²) in [5.74, 6) is 1.11. The van der Waals surface area contributed by atoms with Crippen LogP contribution in [0.4, 0.5) is 5.82 Å². The summed E-state index contributed by atoms with van der Waals surface area (Å²) >= 11 is 0. The summed E-state index contributed by atoms with van der Waals surface area (Å²) in [5.41, 5.74) is 2.76. The largest absolute Gasteiger partial charge is 0.507 e. The fourth-order valence-electron chi connectivity index (χ4n) is 2.79. The van der Waals surface area contributed by atoms with E-state index in [0.717, 1.165) is 36.6 Å². The maximum atomic E-state index is 9.88. The zero-order chi connectivity index (χ0) is 12.9. The summed E-state index contributed by atoms with van der Waals surface area (Å²) in [7, 11) is 0. The topological polar surface area (TPSA) is 70.1 Å². The molecule has 1 fully saturated rings. The van der Waals surface area contributed by atoms with Crippen LogP contribution >= 0.6 is 0 Å². The van der Waals surface area contributed by atoms with Gasteiger partial charge in [0.2, 0.25) is 0 Å². The van der Waals surface area contributed by atoms with Crippen LogP contribution in [0.1, 0.15) is 5.56 Å². The third kappa shape index (κ3) is 1.58. The van der Waals surface area contributed by atoms with E-state index < -0.39 is 0 Å². The van der Waals surface area contributed by atoms with Gasteiger partial charge in [-0.1, -0.05) is 12.1 Å². The van der Waals surface area contributed by atoms with Crippen LogP contribution in [0.25, 0.3) is 11.3 Å². The molecule has 19 heavy (non-hydrogen) atoms. The maximum absolute atomic E-state index is 9.88. The predicted octanol–water partition coefficient (Wildman–Crippen LogP) is 1.16. The molecule has 0 amide bonds. The average Bonchev–Trinajstić information content (AvgIpc) is 2.78. The number of rotatable bonds is 1. The van der Waals surface area contributed by atoms with Crippen LogP contribution in [0.2, 0.25) is 0 Å². The Bertz CT molecular complexity index is 652. The molecule has 0 aliphatic carbocycles. The van der Waals surface area contributed by atoms with E-state index in [-0.39, 0.29) is 11.3 Å². The molecule has 1 saturated heterocycles. The number of anilines is 1. The lowest BCUT2D eigenvalue weighted by Gasteiger charge is -2.39. The maximum Gasteiger partial charge on any atom is 0.152 e. The first kappa shape index (κ1) is 10.8. The minimum Gasteiger partial charge on any atom is -0.507 e. The number of nitrogens with zero attached hydrogens (tertiary/aromatic N) is 2. The van der Waals surface area contributed by atoms with Crippen LogP contribution in [0.3, 0.4) is 0 Å². The third-order valence-electron chi connectivity index (χ3n) is 3.89. The smallest absolute Gasteiger partial charge is 0.152 e. The standard InChI is InChI=1S/C14H14N4O/c19-12-4-2-1-3-10(12)11-5-9-6-14(7-15-8-14)16-13(9)18-17-11/h1-5,15,19H,6-8H2,(H,16,18). The van der Waals surface area contributed by atoms with E-state index in [1.807, 2.05) is 18.2 Å². The van der Waals surface area contributed by atoms with Crippen molar-refractivity contribution in [3.8, 4) is 17.0 Å². The van der Waals surface area contributed by atoms with Gasteiger partial charge in [0.15, 0.2) is 5.82 Å². The number of benzene rings is 1. The predicted molar refractivity (Wildman–Crippen MR) is 72.1 cm³/mol. The lowest BCUT2D eigenvalue weighted by atomic mass is 9.89. The van der Waals surface area contributed by atoms with E-state index in [1.54, 1.807) is 12.1 Å². The van der Waals surface area contributed by atoms with Crippen molar-refractivity contribution in [1.29, 1.82) is 0 Å². The molecule has 3 heterocycles. The Morgan fingerprint density at radius 3 is 2.74 bits per heavy atom. The Kier molecular flexibility index (Phi) is 2.08. The molecule has 1 aromatic carbocycles. The summed E-state index contributed by atoms with van der Waals surface area (Å²) in [6.45, 7) is 1.94. The van der Waals surface area contributed by atoms with Gasteiger partial charge in [-0.15, -0.1) is 10.2 Å². The van der Waals surface area contributed by atoms with Gasteiger partial charge in [-0.05, 0) is 18.2 Å². The van der Waals surface area contributed by atoms with Gasteiger partial charge in [0, 0.05) is 30.6 Å². The molecule has 1 spiro atoms. The minimum atomic E-state index is 0.133. The molecule has 2 aromatic rings. The zero-order valence-electron chi connectivity index (χ0n) is 10.3. The lowest BCUT2D eigenvalue weighted by molar-refractivity contribution is 0.320. The first-order chi connectivity index (χ1) is 9.26. The Balaban J connectivity index is 1.74. The lowest BCUT2D eigenvalue weighted by Crippen LogP contribution is -2.63. The number of aromatic hydroxyl groups is 1. The molecule has 4 rings (SSSR count). The normalized spacial score (nSPS) is 18.7. The van der Waals surface area contributed by atoms with Crippen molar-refractivity contribution >= 4 is 5.82 Å². The highest BCUT2D eigenvalue weighted by molar-refractivity contribution is 5.69. The fraction of sp³-hybridized carbons (Fsp3) is 0.286. The second-order valence-electron chi connectivity index (χ2n) is 5.31. The summed E-state index contributed by atoms with van der Waals surface area (Å²) in [6, 6.07) is 9.24. The summed E-state index contributed by atoms with van der Waals surface area (Å²) in [6.07, 6.45) is 0.964. The van der Waals surface area contributed by atoms with Crippen LogP contribution in [0.15, 0.2) is 30.3 Å². The van der Waals surface area contributed by atoms with Crippen LogP contribution in [0.5, 0.6) is 5.75 Å². The average molecular weight is 254 g/mol. The SMILES string of the molecule is Oc1ccccc1-c1cc2c(nn1)NC1(CNC1)C2. The Hall–Kier alpha value is -2.14. The highest BCUT2D eigenvalue weighted by Gasteiger charge is 2.42. The van der Waals surface area contributed by atoms with Crippen molar-refractivity contribution in [1.82, 2.24) is 15.5 Å². The molecule has 0 saturated carbocycles. The molecule has 2 aliphatic rings. The molecule has 5 nitrogen and oxygen atoms in total. The van der Waals surface area contributed by atoms with Crippen molar-refractivity contribution in [3.05, 3.63) is 35.9 Å². The summed E-state index contributed by atoms with van der Waals surface area (Å²) in [5, 5.41) is 25.1. The first-order valence-electron chi connectivity index (χ1n) is 6.40. The fourth-order valence-corrected chi connectivity index (χ4v) is 2.79. The number of hydrogen-bond donors (Lipinski definition) is 3. The Morgan fingerprint density at radius 1 is 1.16 bits per heavy atom. The highest BCUT2D eigenvalue weighted by atomic mass is 16.3. The van der Waals surface area contributed by atoms with Gasteiger partial charge in [-0.3, -0.25) is 0 Å². The van der Waals surface area contributed by atoms with Gasteiger partial charge >= 0.3 is 0 Å². The van der Waals surface area contributed by atoms with Crippen molar-refractivity contribution in [2.75, 3.05) is 18.4 Å². The zero-order valence-corrected chi connectivity index (χ0v) is 10.3. The molecule has 0 bridgehead atoms. The second-order valence-corrected chi connectivity index (χ2v) is 5.31. The molecule has 0 radical (unpaired) electrons. The molecule has 0 unspecified atom stereocenters. The van der Waals surface area contributed by atoms with Crippen molar-refractivity contribution in [2.24, 2.45) is 0 Å². The second kappa shape index (κ2) is 3.68. The highest BCUT2D eigenvalue weighted by Crippen LogP contribution is 2.35. The number of nitrogens with one attached hydrogen (secondary N) is 2. The molecule has 3 N–H and O–H groups in total. The number of aromatic nitrogens is 2. The van der Waals surface area contributed by atoms with Gasteiger partial charge in [0.05, 0.1) is 11.2 Å². The van der Waals surface area contributed by atoms with E-state index in [2.05, 4.69) is 20.8 Å². The van der Waals surface area contributed by atoms with Crippen molar-refractivity contribution in [3.63, 3.8) is 0 Å².